The number of nitrogens with one attached hydrogen (secondary N) is 2. The molecule has 0 saturated carbocycles. The standard InChI is InChI=1S/C17H11BrClF3N2O4/c18-10-4-5-13(12(19)7-10)24-14(25)8-28-15(26)9-2-1-3-11(6-9)23-16(27)17(20,21)22/h1-7H,8H2,(H,23,27)(H,24,25). The fraction of sp³-hybridized carbons (Fsp3) is 0.118. The van der Waals surface area contributed by atoms with Crippen molar-refractivity contribution >= 4 is 56.7 Å². The molecule has 0 aliphatic heterocycles. The first-order chi connectivity index (χ1) is 13.1. The summed E-state index contributed by atoms with van der Waals surface area (Å²) in [6.45, 7) is -0.648. The molecule has 2 aromatic rings. The Kier molecular flexibility index (Phi) is 7.03. The molecule has 0 aromatic heterocycles. The summed E-state index contributed by atoms with van der Waals surface area (Å²) in [5.41, 5.74) is -0.0832. The Labute approximate surface area is 170 Å². The van der Waals surface area contributed by atoms with Crippen LogP contribution in [0, 0.1) is 0 Å². The Morgan fingerprint density at radius 1 is 1.07 bits per heavy atom. The number of benzene rings is 2. The number of halogens is 5. The van der Waals surface area contributed by atoms with Crippen LogP contribution >= 0.6 is 27.5 Å². The van der Waals surface area contributed by atoms with Gasteiger partial charge in [-0.25, -0.2) is 4.79 Å². The molecule has 0 atom stereocenters. The van der Waals surface area contributed by atoms with Crippen LogP contribution in [0.25, 0.3) is 0 Å². The molecular weight excluding hydrogens is 469 g/mol. The Bertz CT molecular complexity index is 922. The van der Waals surface area contributed by atoms with E-state index < -0.39 is 30.6 Å². The van der Waals surface area contributed by atoms with E-state index >= 15 is 0 Å². The van der Waals surface area contributed by atoms with Crippen molar-refractivity contribution in [2.75, 3.05) is 17.2 Å². The summed E-state index contributed by atoms with van der Waals surface area (Å²) >= 11 is 9.17. The number of alkyl halides is 3. The lowest BCUT2D eigenvalue weighted by Gasteiger charge is -2.10. The predicted octanol–water partition coefficient (Wildman–Crippen LogP) is 4.40. The molecular formula is C17H11BrClF3N2O4. The lowest BCUT2D eigenvalue weighted by Crippen LogP contribution is -2.30. The first kappa shape index (κ1) is 21.7. The highest BCUT2D eigenvalue weighted by Gasteiger charge is 2.38. The predicted molar refractivity (Wildman–Crippen MR) is 99.2 cm³/mol. The Hall–Kier alpha value is -2.59. The Morgan fingerprint density at radius 2 is 1.79 bits per heavy atom. The highest BCUT2D eigenvalue weighted by Crippen LogP contribution is 2.25. The molecule has 2 rings (SSSR count). The van der Waals surface area contributed by atoms with Crippen LogP contribution in [0.2, 0.25) is 5.02 Å². The van der Waals surface area contributed by atoms with Crippen LogP contribution in [0.4, 0.5) is 24.5 Å². The molecule has 0 heterocycles. The van der Waals surface area contributed by atoms with Crippen LogP contribution in [-0.4, -0.2) is 30.6 Å². The molecule has 0 aliphatic carbocycles. The third-order valence-corrected chi connectivity index (χ3v) is 3.96. The van der Waals surface area contributed by atoms with Crippen LogP contribution in [0.15, 0.2) is 46.9 Å². The maximum absolute atomic E-state index is 12.3. The van der Waals surface area contributed by atoms with Crippen LogP contribution in [0.1, 0.15) is 10.4 Å². The second kappa shape index (κ2) is 9.07. The Balaban J connectivity index is 1.94. The van der Waals surface area contributed by atoms with Gasteiger partial charge in [-0.15, -0.1) is 0 Å². The van der Waals surface area contributed by atoms with Gasteiger partial charge in [-0.1, -0.05) is 33.6 Å². The van der Waals surface area contributed by atoms with Crippen LogP contribution in [-0.2, 0) is 14.3 Å². The number of esters is 1. The fourth-order valence-electron chi connectivity index (χ4n) is 1.92. The molecule has 148 valence electrons. The molecule has 0 radical (unpaired) electrons. The quantitative estimate of drug-likeness (QED) is 0.623. The van der Waals surface area contributed by atoms with Crippen molar-refractivity contribution in [3.8, 4) is 0 Å². The molecule has 0 bridgehead atoms. The van der Waals surface area contributed by atoms with E-state index in [2.05, 4.69) is 21.2 Å². The minimum atomic E-state index is -5.07. The van der Waals surface area contributed by atoms with Gasteiger partial charge < -0.3 is 15.4 Å². The fourth-order valence-corrected chi connectivity index (χ4v) is 2.64. The number of hydrogen-bond acceptors (Lipinski definition) is 4. The summed E-state index contributed by atoms with van der Waals surface area (Å²) in [5, 5.41) is 4.33. The van der Waals surface area contributed by atoms with Crippen molar-refractivity contribution in [2.24, 2.45) is 0 Å². The molecule has 0 unspecified atom stereocenters. The lowest BCUT2D eigenvalue weighted by atomic mass is 10.2. The van der Waals surface area contributed by atoms with E-state index in [-0.39, 0.29) is 16.3 Å². The molecule has 2 aromatic carbocycles. The number of anilines is 2. The van der Waals surface area contributed by atoms with E-state index in [1.165, 1.54) is 18.2 Å². The van der Waals surface area contributed by atoms with Crippen molar-refractivity contribution in [1.29, 1.82) is 0 Å². The largest absolute Gasteiger partial charge is 0.471 e. The van der Waals surface area contributed by atoms with E-state index in [0.29, 0.717) is 10.2 Å². The van der Waals surface area contributed by atoms with Gasteiger partial charge in [0.2, 0.25) is 0 Å². The van der Waals surface area contributed by atoms with Crippen molar-refractivity contribution in [2.45, 2.75) is 6.18 Å². The minimum absolute atomic E-state index is 0.144. The molecule has 0 aliphatic rings. The van der Waals surface area contributed by atoms with Gasteiger partial charge in [-0.2, -0.15) is 13.2 Å². The first-order valence-electron chi connectivity index (χ1n) is 7.46. The van der Waals surface area contributed by atoms with E-state index in [1.807, 2.05) is 0 Å². The number of amides is 2. The summed E-state index contributed by atoms with van der Waals surface area (Å²) in [6.07, 6.45) is -5.07. The number of carbonyl (C=O) groups is 3. The SMILES string of the molecule is O=C(COC(=O)c1cccc(NC(=O)C(F)(F)F)c1)Nc1ccc(Br)cc1Cl. The third kappa shape index (κ3) is 6.24. The van der Waals surface area contributed by atoms with Crippen LogP contribution < -0.4 is 10.6 Å². The zero-order valence-corrected chi connectivity index (χ0v) is 16.1. The van der Waals surface area contributed by atoms with Crippen LogP contribution in [0.5, 0.6) is 0 Å². The topological polar surface area (TPSA) is 84.5 Å². The second-order valence-electron chi connectivity index (χ2n) is 5.28. The highest BCUT2D eigenvalue weighted by molar-refractivity contribution is 9.10. The number of rotatable bonds is 5. The minimum Gasteiger partial charge on any atom is -0.452 e. The average Bonchev–Trinajstić information content (AvgIpc) is 2.61. The summed E-state index contributed by atoms with van der Waals surface area (Å²) in [6, 6.07) is 9.43. The van der Waals surface area contributed by atoms with E-state index in [1.54, 1.807) is 23.5 Å². The van der Waals surface area contributed by atoms with Gasteiger partial charge in [0.05, 0.1) is 16.3 Å². The molecule has 0 spiro atoms. The summed E-state index contributed by atoms with van der Waals surface area (Å²) < 4.78 is 42.3. The maximum atomic E-state index is 12.3. The number of carbonyl (C=O) groups excluding carboxylic acids is 3. The van der Waals surface area contributed by atoms with Gasteiger partial charge in [0.25, 0.3) is 5.91 Å². The van der Waals surface area contributed by atoms with Gasteiger partial charge >= 0.3 is 18.1 Å². The Morgan fingerprint density at radius 3 is 2.43 bits per heavy atom. The van der Waals surface area contributed by atoms with Gasteiger partial charge in [-0.05, 0) is 36.4 Å². The number of ether oxygens (including phenoxy) is 1. The maximum Gasteiger partial charge on any atom is 0.471 e. The van der Waals surface area contributed by atoms with Gasteiger partial charge in [0.1, 0.15) is 0 Å². The molecule has 28 heavy (non-hydrogen) atoms. The summed E-state index contributed by atoms with van der Waals surface area (Å²) in [7, 11) is 0. The molecule has 2 N–H and O–H groups in total. The summed E-state index contributed by atoms with van der Waals surface area (Å²) in [5.74, 6) is -3.80. The molecule has 0 saturated heterocycles. The molecule has 0 fully saturated rings. The van der Waals surface area contributed by atoms with Crippen molar-refractivity contribution < 1.29 is 32.3 Å². The molecule has 6 nitrogen and oxygen atoms in total. The van der Waals surface area contributed by atoms with Crippen LogP contribution in [0.3, 0.4) is 0 Å². The summed E-state index contributed by atoms with van der Waals surface area (Å²) in [4.78, 5) is 34.8. The monoisotopic (exact) mass is 478 g/mol. The van der Waals surface area contributed by atoms with Crippen molar-refractivity contribution in [3.05, 3.63) is 57.5 Å². The number of hydrogen-bond donors (Lipinski definition) is 2. The van der Waals surface area contributed by atoms with E-state index in [9.17, 15) is 27.6 Å². The van der Waals surface area contributed by atoms with E-state index in [0.717, 1.165) is 6.07 Å². The molecule has 11 heteroatoms. The van der Waals surface area contributed by atoms with Gasteiger partial charge in [0, 0.05) is 10.2 Å². The third-order valence-electron chi connectivity index (χ3n) is 3.15. The normalized spacial score (nSPS) is 10.9. The van der Waals surface area contributed by atoms with Gasteiger partial charge in [-0.3, -0.25) is 9.59 Å². The molecule has 2 amide bonds. The first-order valence-corrected chi connectivity index (χ1v) is 8.63. The zero-order valence-electron chi connectivity index (χ0n) is 13.8. The van der Waals surface area contributed by atoms with Crippen molar-refractivity contribution in [1.82, 2.24) is 0 Å². The average molecular weight is 480 g/mol. The smallest absolute Gasteiger partial charge is 0.452 e. The lowest BCUT2D eigenvalue weighted by molar-refractivity contribution is -0.167. The highest BCUT2D eigenvalue weighted by atomic mass is 79.9. The van der Waals surface area contributed by atoms with Gasteiger partial charge in [0.15, 0.2) is 6.61 Å². The van der Waals surface area contributed by atoms with E-state index in [4.69, 9.17) is 16.3 Å². The van der Waals surface area contributed by atoms with Crippen molar-refractivity contribution in [3.63, 3.8) is 0 Å². The second-order valence-corrected chi connectivity index (χ2v) is 6.60. The zero-order chi connectivity index (χ0) is 20.9.